The van der Waals surface area contributed by atoms with Crippen molar-refractivity contribution in [1.29, 1.82) is 0 Å². The fraction of sp³-hybridized carbons (Fsp3) is 0.270. The van der Waals surface area contributed by atoms with Gasteiger partial charge in [0.15, 0.2) is 11.5 Å². The highest BCUT2D eigenvalue weighted by atomic mass is 16.7. The van der Waals surface area contributed by atoms with E-state index in [-0.39, 0.29) is 13.4 Å². The average molecular weight is 589 g/mol. The number of rotatable bonds is 13. The lowest BCUT2D eigenvalue weighted by molar-refractivity contribution is 0.174. The molecule has 0 aliphatic carbocycles. The molecule has 1 aromatic heterocycles. The molecule has 1 aliphatic rings. The van der Waals surface area contributed by atoms with Gasteiger partial charge in [-0.05, 0) is 48.2 Å². The molecular weight excluding hydrogens is 548 g/mol. The number of aromatic nitrogens is 2. The van der Waals surface area contributed by atoms with Crippen LogP contribution in [0.3, 0.4) is 0 Å². The summed E-state index contributed by atoms with van der Waals surface area (Å²) in [5.41, 5.74) is 7.92. The molecule has 0 amide bonds. The lowest BCUT2D eigenvalue weighted by atomic mass is 10.1. The van der Waals surface area contributed by atoms with E-state index in [9.17, 15) is 5.11 Å². The molecule has 0 atom stereocenters. The maximum Gasteiger partial charge on any atom is 0.231 e. The number of imidazole rings is 1. The molecule has 4 aromatic carbocycles. The number of aliphatic hydroxyl groups is 1. The van der Waals surface area contributed by atoms with E-state index < -0.39 is 0 Å². The van der Waals surface area contributed by atoms with Crippen LogP contribution in [0, 0.1) is 0 Å². The van der Waals surface area contributed by atoms with Crippen LogP contribution in [0.25, 0.3) is 22.6 Å². The summed E-state index contributed by atoms with van der Waals surface area (Å²) in [4.78, 5) is 9.90. The van der Waals surface area contributed by atoms with Crippen LogP contribution in [0.1, 0.15) is 29.7 Å². The van der Waals surface area contributed by atoms with Crippen molar-refractivity contribution in [3.8, 4) is 34.1 Å². The van der Waals surface area contributed by atoms with Crippen molar-refractivity contribution in [2.24, 2.45) is 0 Å². The normalized spacial score (nSPS) is 12.2. The zero-order valence-corrected chi connectivity index (χ0v) is 25.5. The van der Waals surface area contributed by atoms with E-state index in [1.54, 1.807) is 0 Å². The number of anilines is 1. The van der Waals surface area contributed by atoms with Crippen LogP contribution < -0.4 is 14.4 Å². The van der Waals surface area contributed by atoms with E-state index in [1.165, 1.54) is 16.9 Å². The van der Waals surface area contributed by atoms with Gasteiger partial charge in [-0.1, -0.05) is 78.9 Å². The first kappa shape index (κ1) is 29.5. The third-order valence-electron chi connectivity index (χ3n) is 8.02. The smallest absolute Gasteiger partial charge is 0.231 e. The molecular formula is C37H40N4O3. The second-order valence-electron chi connectivity index (χ2n) is 11.4. The van der Waals surface area contributed by atoms with Crippen LogP contribution in [0.4, 0.5) is 5.69 Å². The summed E-state index contributed by atoms with van der Waals surface area (Å²) >= 11 is 0. The summed E-state index contributed by atoms with van der Waals surface area (Å²) < 4.78 is 13.7. The summed E-state index contributed by atoms with van der Waals surface area (Å²) in [7, 11) is 4.13. The highest BCUT2D eigenvalue weighted by Gasteiger charge is 2.23. The molecule has 44 heavy (non-hydrogen) atoms. The molecule has 2 heterocycles. The molecule has 6 rings (SSSR count). The maximum atomic E-state index is 9.62. The third-order valence-corrected chi connectivity index (χ3v) is 8.02. The van der Waals surface area contributed by atoms with Gasteiger partial charge in [-0.3, -0.25) is 4.90 Å². The Morgan fingerprint density at radius 1 is 0.727 bits per heavy atom. The molecule has 1 N–H and O–H groups in total. The number of fused-ring (bicyclic) bond motifs is 1. The number of benzene rings is 4. The van der Waals surface area contributed by atoms with Crippen molar-refractivity contribution in [3.63, 3.8) is 0 Å². The van der Waals surface area contributed by atoms with Crippen molar-refractivity contribution in [3.05, 3.63) is 120 Å². The Hall–Kier alpha value is -4.59. The first-order valence-electron chi connectivity index (χ1n) is 15.3. The van der Waals surface area contributed by atoms with Crippen LogP contribution in [-0.2, 0) is 26.2 Å². The van der Waals surface area contributed by atoms with E-state index in [4.69, 9.17) is 14.5 Å². The SMILES string of the molecule is CN(C)c1ccc(CN(Cc2ccc3c(c2)OCO3)Cc2c(-c3ccccc3)nc(-c3ccccc3)n2CCCCO)cc1. The largest absolute Gasteiger partial charge is 0.454 e. The zero-order valence-electron chi connectivity index (χ0n) is 25.5. The van der Waals surface area contributed by atoms with Gasteiger partial charge in [0.05, 0.1) is 11.4 Å². The van der Waals surface area contributed by atoms with Crippen molar-refractivity contribution in [2.45, 2.75) is 39.0 Å². The minimum Gasteiger partial charge on any atom is -0.454 e. The Bertz CT molecular complexity index is 1650. The fourth-order valence-electron chi connectivity index (χ4n) is 5.74. The number of hydrogen-bond acceptors (Lipinski definition) is 6. The van der Waals surface area contributed by atoms with Gasteiger partial charge in [-0.15, -0.1) is 0 Å². The molecule has 7 nitrogen and oxygen atoms in total. The van der Waals surface area contributed by atoms with Crippen molar-refractivity contribution in [1.82, 2.24) is 14.5 Å². The number of unbranched alkanes of at least 4 members (excludes halogenated alkanes) is 1. The summed E-state index contributed by atoms with van der Waals surface area (Å²) in [6, 6.07) is 35.9. The molecule has 5 aromatic rings. The van der Waals surface area contributed by atoms with Crippen LogP contribution in [0.2, 0.25) is 0 Å². The van der Waals surface area contributed by atoms with Crippen molar-refractivity contribution < 1.29 is 14.6 Å². The van der Waals surface area contributed by atoms with Gasteiger partial charge in [0.2, 0.25) is 6.79 Å². The molecule has 0 saturated heterocycles. The van der Waals surface area contributed by atoms with Crippen LogP contribution in [0.5, 0.6) is 11.5 Å². The summed E-state index contributed by atoms with van der Waals surface area (Å²) in [5, 5.41) is 9.62. The minimum atomic E-state index is 0.176. The first-order valence-corrected chi connectivity index (χ1v) is 15.3. The van der Waals surface area contributed by atoms with Crippen LogP contribution in [0.15, 0.2) is 103 Å². The predicted octanol–water partition coefficient (Wildman–Crippen LogP) is 6.99. The van der Waals surface area contributed by atoms with Gasteiger partial charge in [-0.2, -0.15) is 0 Å². The quantitative estimate of drug-likeness (QED) is 0.150. The van der Waals surface area contributed by atoms with E-state index in [1.807, 2.05) is 18.2 Å². The lowest BCUT2D eigenvalue weighted by Gasteiger charge is -2.25. The van der Waals surface area contributed by atoms with Gasteiger partial charge >= 0.3 is 0 Å². The molecule has 0 spiro atoms. The molecule has 0 bridgehead atoms. The topological polar surface area (TPSA) is 63.0 Å². The predicted molar refractivity (Wildman–Crippen MR) is 176 cm³/mol. The zero-order chi connectivity index (χ0) is 30.3. The Labute approximate surface area is 259 Å². The van der Waals surface area contributed by atoms with Crippen molar-refractivity contribution in [2.75, 3.05) is 32.4 Å². The summed E-state index contributed by atoms with van der Waals surface area (Å²) in [6.45, 7) is 3.38. The van der Waals surface area contributed by atoms with E-state index >= 15 is 0 Å². The van der Waals surface area contributed by atoms with Gasteiger partial charge in [-0.25, -0.2) is 4.98 Å². The van der Waals surface area contributed by atoms with E-state index in [0.717, 1.165) is 72.2 Å². The molecule has 0 radical (unpaired) electrons. The molecule has 7 heteroatoms. The highest BCUT2D eigenvalue weighted by Crippen LogP contribution is 2.35. The van der Waals surface area contributed by atoms with Gasteiger partial charge in [0.25, 0.3) is 0 Å². The number of hydrogen-bond donors (Lipinski definition) is 1. The van der Waals surface area contributed by atoms with Gasteiger partial charge < -0.3 is 24.0 Å². The number of aliphatic hydroxyl groups excluding tert-OH is 1. The molecule has 1 aliphatic heterocycles. The Morgan fingerprint density at radius 3 is 2.09 bits per heavy atom. The first-order chi connectivity index (χ1) is 21.6. The molecule has 0 unspecified atom stereocenters. The summed E-state index contributed by atoms with van der Waals surface area (Å²) in [6.07, 6.45) is 1.60. The average Bonchev–Trinajstić information content (AvgIpc) is 3.67. The van der Waals surface area contributed by atoms with Crippen molar-refractivity contribution >= 4 is 5.69 Å². The molecule has 226 valence electrons. The second-order valence-corrected chi connectivity index (χ2v) is 11.4. The summed E-state index contributed by atoms with van der Waals surface area (Å²) in [5.74, 6) is 2.54. The Balaban J connectivity index is 1.42. The van der Waals surface area contributed by atoms with E-state index in [2.05, 4.69) is 113 Å². The molecule has 0 saturated carbocycles. The number of ether oxygens (including phenoxy) is 2. The number of nitrogens with zero attached hydrogens (tertiary/aromatic N) is 4. The standard InChI is InChI=1S/C37H40N4O3/c1-39(2)32-18-15-28(16-19-32)24-40(25-29-17-20-34-35(23-29)44-27-43-34)26-33-36(30-11-5-3-6-12-30)38-37(31-13-7-4-8-14-31)41(33)21-9-10-22-42/h3-8,11-20,23,42H,9-10,21-22,24-27H2,1-2H3. The Morgan fingerprint density at radius 2 is 1.39 bits per heavy atom. The lowest BCUT2D eigenvalue weighted by Crippen LogP contribution is -2.24. The minimum absolute atomic E-state index is 0.176. The second kappa shape index (κ2) is 13.8. The molecule has 0 fully saturated rings. The third kappa shape index (κ3) is 6.80. The van der Waals surface area contributed by atoms with E-state index in [0.29, 0.717) is 6.54 Å². The monoisotopic (exact) mass is 588 g/mol. The fourth-order valence-corrected chi connectivity index (χ4v) is 5.74. The van der Waals surface area contributed by atoms with Crippen LogP contribution in [-0.4, -0.2) is 47.1 Å². The highest BCUT2D eigenvalue weighted by molar-refractivity contribution is 5.68. The van der Waals surface area contributed by atoms with Crippen LogP contribution >= 0.6 is 0 Å². The maximum absolute atomic E-state index is 9.62. The van der Waals surface area contributed by atoms with Gasteiger partial charge in [0, 0.05) is 63.7 Å². The van der Waals surface area contributed by atoms with Gasteiger partial charge in [0.1, 0.15) is 5.82 Å². The Kier molecular flexibility index (Phi) is 9.25.